The molecule has 0 radical (unpaired) electrons. The van der Waals surface area contributed by atoms with Gasteiger partial charge in [0.05, 0.1) is 0 Å². The maximum atomic E-state index is 12.2. The number of carboxylic acids is 1. The molecule has 0 aromatic carbocycles. The lowest BCUT2D eigenvalue weighted by Crippen LogP contribution is -2.47. The van der Waals surface area contributed by atoms with Crippen LogP contribution in [0.5, 0.6) is 0 Å². The number of hydrogen-bond acceptors (Lipinski definition) is 3. The molecule has 21 heavy (non-hydrogen) atoms. The molecule has 0 aromatic heterocycles. The van der Waals surface area contributed by atoms with Crippen LogP contribution in [0.1, 0.15) is 32.1 Å². The Bertz CT molecular complexity index is 367. The van der Waals surface area contributed by atoms with Crippen LogP contribution in [-0.4, -0.2) is 66.7 Å². The first-order chi connectivity index (χ1) is 10.0. The van der Waals surface area contributed by atoms with Gasteiger partial charge in [-0.2, -0.15) is 0 Å². The minimum absolute atomic E-state index is 0.0241. The zero-order valence-electron chi connectivity index (χ0n) is 12.9. The number of rotatable bonds is 4. The van der Waals surface area contributed by atoms with Gasteiger partial charge in [0.2, 0.25) is 0 Å². The summed E-state index contributed by atoms with van der Waals surface area (Å²) in [5, 5.41) is 11.9. The maximum absolute atomic E-state index is 12.2. The quantitative estimate of drug-likeness (QED) is 0.818. The Morgan fingerprint density at radius 2 is 1.86 bits per heavy atom. The zero-order valence-corrected chi connectivity index (χ0v) is 12.9. The molecule has 2 amide bonds. The second kappa shape index (κ2) is 7.64. The Morgan fingerprint density at radius 3 is 2.52 bits per heavy atom. The lowest BCUT2D eigenvalue weighted by atomic mass is 9.95. The fourth-order valence-corrected chi connectivity index (χ4v) is 3.27. The van der Waals surface area contributed by atoms with Crippen LogP contribution in [0.25, 0.3) is 0 Å². The van der Waals surface area contributed by atoms with E-state index in [0.717, 1.165) is 51.9 Å². The highest BCUT2D eigenvalue weighted by molar-refractivity contribution is 5.74. The fraction of sp³-hybridized carbons (Fsp3) is 0.867. The normalized spacial score (nSPS) is 24.8. The van der Waals surface area contributed by atoms with Crippen molar-refractivity contribution in [1.82, 2.24) is 15.1 Å². The highest BCUT2D eigenvalue weighted by Gasteiger charge is 2.26. The van der Waals surface area contributed by atoms with Gasteiger partial charge in [-0.25, -0.2) is 4.79 Å². The van der Waals surface area contributed by atoms with Crippen molar-refractivity contribution in [2.24, 2.45) is 11.8 Å². The Balaban J connectivity index is 1.71. The number of likely N-dealkylation sites (tertiary alicyclic amines) is 2. The average Bonchev–Trinajstić information content (AvgIpc) is 2.46. The summed E-state index contributed by atoms with van der Waals surface area (Å²) >= 11 is 0. The molecule has 2 fully saturated rings. The van der Waals surface area contributed by atoms with Crippen LogP contribution in [0.4, 0.5) is 4.79 Å². The van der Waals surface area contributed by atoms with Crippen LogP contribution >= 0.6 is 0 Å². The average molecular weight is 297 g/mol. The van der Waals surface area contributed by atoms with E-state index in [0.29, 0.717) is 12.5 Å². The monoisotopic (exact) mass is 297 g/mol. The van der Waals surface area contributed by atoms with Crippen LogP contribution in [0.2, 0.25) is 0 Å². The third-order valence-corrected chi connectivity index (χ3v) is 4.65. The van der Waals surface area contributed by atoms with Crippen LogP contribution in [0.15, 0.2) is 0 Å². The minimum Gasteiger partial charge on any atom is -0.481 e. The Morgan fingerprint density at radius 1 is 1.14 bits per heavy atom. The molecule has 120 valence electrons. The van der Waals surface area contributed by atoms with Gasteiger partial charge in [-0.15, -0.1) is 0 Å². The molecule has 2 aliphatic rings. The summed E-state index contributed by atoms with van der Waals surface area (Å²) in [5.74, 6) is -0.0938. The van der Waals surface area contributed by atoms with Gasteiger partial charge in [-0.05, 0) is 57.7 Å². The summed E-state index contributed by atoms with van der Waals surface area (Å²) in [6.45, 7) is 4.27. The van der Waals surface area contributed by atoms with E-state index in [1.165, 1.54) is 0 Å². The molecule has 2 rings (SSSR count). The van der Waals surface area contributed by atoms with Gasteiger partial charge in [0.1, 0.15) is 0 Å². The number of hydrogen-bond donors (Lipinski definition) is 2. The maximum Gasteiger partial charge on any atom is 0.317 e. The van der Waals surface area contributed by atoms with E-state index in [-0.39, 0.29) is 18.4 Å². The topological polar surface area (TPSA) is 72.9 Å². The number of amides is 2. The largest absolute Gasteiger partial charge is 0.481 e. The van der Waals surface area contributed by atoms with Gasteiger partial charge in [-0.1, -0.05) is 0 Å². The number of aliphatic carboxylic acids is 1. The second-order valence-corrected chi connectivity index (χ2v) is 6.48. The SMILES string of the molecule is CN1CCC(CNC(=O)N2CCCC(CC(=O)O)C2)CC1. The molecule has 1 unspecified atom stereocenters. The summed E-state index contributed by atoms with van der Waals surface area (Å²) in [7, 11) is 2.13. The third kappa shape index (κ3) is 5.19. The molecule has 1 atom stereocenters. The first-order valence-corrected chi connectivity index (χ1v) is 7.97. The molecule has 0 saturated carbocycles. The van der Waals surface area contributed by atoms with Gasteiger partial charge >= 0.3 is 12.0 Å². The number of urea groups is 1. The lowest BCUT2D eigenvalue weighted by Gasteiger charge is -2.33. The van der Waals surface area contributed by atoms with E-state index in [1.54, 1.807) is 4.90 Å². The molecule has 2 N–H and O–H groups in total. The molecule has 2 aliphatic heterocycles. The lowest BCUT2D eigenvalue weighted by molar-refractivity contribution is -0.138. The Kier molecular flexibility index (Phi) is 5.85. The van der Waals surface area contributed by atoms with E-state index in [4.69, 9.17) is 5.11 Å². The summed E-state index contributed by atoms with van der Waals surface area (Å²) in [5.41, 5.74) is 0. The summed E-state index contributed by atoms with van der Waals surface area (Å²) < 4.78 is 0. The van der Waals surface area contributed by atoms with Crippen LogP contribution in [0, 0.1) is 11.8 Å². The van der Waals surface area contributed by atoms with Crippen molar-refractivity contribution in [3.05, 3.63) is 0 Å². The van der Waals surface area contributed by atoms with Crippen LogP contribution in [0.3, 0.4) is 0 Å². The molecule has 0 aromatic rings. The van der Waals surface area contributed by atoms with Gasteiger partial charge in [0.15, 0.2) is 0 Å². The van der Waals surface area contributed by atoms with E-state index in [1.807, 2.05) is 0 Å². The Labute approximate surface area is 126 Å². The van der Waals surface area contributed by atoms with Crippen molar-refractivity contribution in [2.75, 3.05) is 39.8 Å². The van der Waals surface area contributed by atoms with E-state index in [2.05, 4.69) is 17.3 Å². The molecule has 2 heterocycles. The Hall–Kier alpha value is -1.30. The van der Waals surface area contributed by atoms with Crippen LogP contribution in [-0.2, 0) is 4.79 Å². The summed E-state index contributed by atoms with van der Waals surface area (Å²) in [4.78, 5) is 27.1. The van der Waals surface area contributed by atoms with E-state index in [9.17, 15) is 9.59 Å². The van der Waals surface area contributed by atoms with Crippen molar-refractivity contribution in [2.45, 2.75) is 32.1 Å². The molecule has 0 aliphatic carbocycles. The predicted octanol–water partition coefficient (Wildman–Crippen LogP) is 1.22. The number of piperidine rings is 2. The number of carbonyl (C=O) groups excluding carboxylic acids is 1. The third-order valence-electron chi connectivity index (χ3n) is 4.65. The van der Waals surface area contributed by atoms with Crippen molar-refractivity contribution in [1.29, 1.82) is 0 Å². The number of carbonyl (C=O) groups is 2. The van der Waals surface area contributed by atoms with Crippen molar-refractivity contribution in [3.63, 3.8) is 0 Å². The van der Waals surface area contributed by atoms with Crippen LogP contribution < -0.4 is 5.32 Å². The first kappa shape index (κ1) is 16.1. The smallest absolute Gasteiger partial charge is 0.317 e. The minimum atomic E-state index is -0.770. The standard InChI is InChI=1S/C15H27N3O3/c1-17-7-4-12(5-8-17)10-16-15(21)18-6-2-3-13(11-18)9-14(19)20/h12-13H,2-11H2,1H3,(H,16,21)(H,19,20). The van der Waals surface area contributed by atoms with Crippen molar-refractivity contribution < 1.29 is 14.7 Å². The van der Waals surface area contributed by atoms with Crippen molar-refractivity contribution >= 4 is 12.0 Å². The number of nitrogens with one attached hydrogen (secondary N) is 1. The molecule has 0 bridgehead atoms. The predicted molar refractivity (Wildman–Crippen MR) is 80.2 cm³/mol. The molecule has 6 heteroatoms. The van der Waals surface area contributed by atoms with E-state index < -0.39 is 5.97 Å². The zero-order chi connectivity index (χ0) is 15.2. The van der Waals surface area contributed by atoms with Gasteiger partial charge in [-0.3, -0.25) is 4.79 Å². The first-order valence-electron chi connectivity index (χ1n) is 7.97. The molecule has 2 saturated heterocycles. The molecule has 6 nitrogen and oxygen atoms in total. The van der Waals surface area contributed by atoms with Gasteiger partial charge in [0.25, 0.3) is 0 Å². The number of nitrogens with zero attached hydrogens (tertiary/aromatic N) is 2. The van der Waals surface area contributed by atoms with E-state index >= 15 is 0 Å². The summed E-state index contributed by atoms with van der Waals surface area (Å²) in [6.07, 6.45) is 4.25. The molecule has 0 spiro atoms. The second-order valence-electron chi connectivity index (χ2n) is 6.48. The van der Waals surface area contributed by atoms with Crippen molar-refractivity contribution in [3.8, 4) is 0 Å². The fourth-order valence-electron chi connectivity index (χ4n) is 3.27. The molecular weight excluding hydrogens is 270 g/mol. The summed E-state index contributed by atoms with van der Waals surface area (Å²) in [6, 6.07) is -0.0241. The van der Waals surface area contributed by atoms with Gasteiger partial charge in [0, 0.05) is 26.1 Å². The molecular formula is C15H27N3O3. The number of carboxylic acid groups (broad SMARTS) is 1. The highest BCUT2D eigenvalue weighted by Crippen LogP contribution is 2.20. The highest BCUT2D eigenvalue weighted by atomic mass is 16.4. The van der Waals surface area contributed by atoms with Gasteiger partial charge < -0.3 is 20.2 Å².